The maximum absolute atomic E-state index is 12.9. The fourth-order valence-corrected chi connectivity index (χ4v) is 5.36. The van der Waals surface area contributed by atoms with Gasteiger partial charge in [-0.15, -0.1) is 6.42 Å². The van der Waals surface area contributed by atoms with Gasteiger partial charge in [0, 0.05) is 38.2 Å². The Morgan fingerprint density at radius 3 is 2.59 bits per heavy atom. The second kappa shape index (κ2) is 11.5. The van der Waals surface area contributed by atoms with E-state index in [0.717, 1.165) is 42.0 Å². The van der Waals surface area contributed by atoms with Gasteiger partial charge in [-0.3, -0.25) is 0 Å². The topological polar surface area (TPSA) is 69.3 Å². The summed E-state index contributed by atoms with van der Waals surface area (Å²) in [7, 11) is 0. The van der Waals surface area contributed by atoms with Crippen LogP contribution < -0.4 is 10.2 Å². The number of carbonyl (C=O) groups excluding carboxylic acids is 1. The van der Waals surface area contributed by atoms with Gasteiger partial charge in [0.15, 0.2) is 11.9 Å². The van der Waals surface area contributed by atoms with Crippen LogP contribution in [0.25, 0.3) is 0 Å². The van der Waals surface area contributed by atoms with Crippen molar-refractivity contribution in [3.63, 3.8) is 0 Å². The molecule has 1 amide bonds. The fourth-order valence-electron chi connectivity index (χ4n) is 5.36. The highest BCUT2D eigenvalue weighted by Gasteiger charge is 2.54. The number of hydrogen-bond donors (Lipinski definition) is 1. The van der Waals surface area contributed by atoms with Crippen molar-refractivity contribution in [2.24, 2.45) is 0 Å². The molecular formula is C29H31F3N2O5. The van der Waals surface area contributed by atoms with Gasteiger partial charge in [0.2, 0.25) is 0 Å². The third kappa shape index (κ3) is 6.32. The molecule has 4 atom stereocenters. The molecule has 1 N–H and O–H groups in total. The predicted molar refractivity (Wildman–Crippen MR) is 137 cm³/mol. The first-order valence-corrected chi connectivity index (χ1v) is 13.1. The summed E-state index contributed by atoms with van der Waals surface area (Å²) in [5.41, 5.74) is 2.08. The summed E-state index contributed by atoms with van der Waals surface area (Å²) in [5.74, 6) is 1.63. The second-order valence-corrected chi connectivity index (χ2v) is 9.96. The molecule has 0 spiro atoms. The first-order valence-electron chi connectivity index (χ1n) is 13.1. The van der Waals surface area contributed by atoms with Crippen LogP contribution in [0.2, 0.25) is 0 Å². The smallest absolute Gasteiger partial charge is 0.416 e. The molecule has 10 heteroatoms. The van der Waals surface area contributed by atoms with Gasteiger partial charge in [-0.25, -0.2) is 4.79 Å². The molecule has 0 saturated carbocycles. The Morgan fingerprint density at radius 2 is 1.87 bits per heavy atom. The molecule has 1 unspecified atom stereocenters. The Bertz CT molecular complexity index is 1190. The van der Waals surface area contributed by atoms with Crippen LogP contribution in [0.5, 0.6) is 0 Å². The molecule has 3 aliphatic rings. The number of halogens is 3. The molecule has 2 aromatic carbocycles. The molecule has 7 nitrogen and oxygen atoms in total. The van der Waals surface area contributed by atoms with E-state index in [1.807, 2.05) is 24.3 Å². The van der Waals surface area contributed by atoms with E-state index in [-0.39, 0.29) is 0 Å². The zero-order chi connectivity index (χ0) is 27.5. The van der Waals surface area contributed by atoms with Crippen LogP contribution in [0.15, 0.2) is 48.5 Å². The van der Waals surface area contributed by atoms with Crippen LogP contribution in [-0.2, 0) is 38.1 Å². The van der Waals surface area contributed by atoms with Crippen molar-refractivity contribution in [3.05, 3.63) is 65.2 Å². The number of benzene rings is 2. The van der Waals surface area contributed by atoms with Gasteiger partial charge < -0.3 is 29.2 Å². The van der Waals surface area contributed by atoms with Crippen molar-refractivity contribution in [2.75, 3.05) is 31.2 Å². The highest BCUT2D eigenvalue weighted by atomic mass is 19.4. The van der Waals surface area contributed by atoms with Gasteiger partial charge in [0.05, 0.1) is 18.8 Å². The quantitative estimate of drug-likeness (QED) is 0.511. The van der Waals surface area contributed by atoms with Crippen LogP contribution in [0.4, 0.5) is 23.7 Å². The lowest BCUT2D eigenvalue weighted by molar-refractivity contribution is -0.212. The molecule has 3 fully saturated rings. The van der Waals surface area contributed by atoms with E-state index in [4.69, 9.17) is 25.4 Å². The Kier molecular flexibility index (Phi) is 8.03. The number of rotatable bonds is 7. The van der Waals surface area contributed by atoms with Gasteiger partial charge in [-0.2, -0.15) is 13.2 Å². The fraction of sp³-hybridized carbons (Fsp3) is 0.483. The van der Waals surface area contributed by atoms with Crippen molar-refractivity contribution in [1.29, 1.82) is 0 Å². The van der Waals surface area contributed by atoms with Crippen LogP contribution in [0.3, 0.4) is 0 Å². The molecule has 0 aromatic heterocycles. The van der Waals surface area contributed by atoms with Crippen molar-refractivity contribution < 1.29 is 36.9 Å². The summed E-state index contributed by atoms with van der Waals surface area (Å²) in [4.78, 5) is 15.0. The van der Waals surface area contributed by atoms with E-state index in [1.165, 1.54) is 12.1 Å². The van der Waals surface area contributed by atoms with Crippen molar-refractivity contribution in [1.82, 2.24) is 5.32 Å². The minimum atomic E-state index is -4.38. The Balaban J connectivity index is 1.15. The number of alkyl halides is 3. The van der Waals surface area contributed by atoms with Gasteiger partial charge in [-0.1, -0.05) is 36.3 Å². The number of nitrogens with zero attached hydrogens (tertiary/aromatic N) is 1. The van der Waals surface area contributed by atoms with Crippen molar-refractivity contribution in [2.45, 2.75) is 62.5 Å². The van der Waals surface area contributed by atoms with E-state index in [0.29, 0.717) is 45.4 Å². The maximum Gasteiger partial charge on any atom is 0.416 e. The van der Waals surface area contributed by atoms with Crippen LogP contribution in [0.1, 0.15) is 36.0 Å². The van der Waals surface area contributed by atoms with E-state index in [1.54, 1.807) is 0 Å². The average Bonchev–Trinajstić information content (AvgIpc) is 3.26. The summed E-state index contributed by atoms with van der Waals surface area (Å²) >= 11 is 0. The molecule has 39 heavy (non-hydrogen) atoms. The van der Waals surface area contributed by atoms with Gasteiger partial charge >= 0.3 is 12.3 Å². The normalized spacial score (nSPS) is 26.6. The highest BCUT2D eigenvalue weighted by molar-refractivity contribution is 5.68. The molecule has 0 aliphatic carbocycles. The number of nitrogens with one attached hydrogen (secondary N) is 1. The number of para-hydroxylation sites is 1. The monoisotopic (exact) mass is 544 g/mol. The molecular weight excluding hydrogens is 513 g/mol. The summed E-state index contributed by atoms with van der Waals surface area (Å²) in [6.45, 7) is 3.21. The summed E-state index contributed by atoms with van der Waals surface area (Å²) < 4.78 is 62.0. The molecule has 2 bridgehead atoms. The van der Waals surface area contributed by atoms with E-state index in [9.17, 15) is 18.0 Å². The van der Waals surface area contributed by atoms with Crippen LogP contribution in [0, 0.1) is 12.3 Å². The number of aryl methyl sites for hydroxylation is 1. The number of carbonyl (C=O) groups is 1. The SMILES string of the molecule is C#C[C@H]1O[C@@]2(CCc3ccc(C(F)(F)F)cc3)CCC(OC(=O)NCc3ccccc3N3CCOCC3)[C@H]1O2. The molecule has 2 aromatic rings. The standard InChI is InChI=1S/C29H31F3N2O5/c1-2-24-26-25(37-27(35)33-19-21-5-3-4-6-23(21)34-15-17-36-18-16-34)12-14-28(38-24,39-26)13-11-20-7-9-22(10-8-20)29(30,31)32/h1,3-10,24-26H,11-19H2,(H,33,35)/t24-,25?,26+,28-/m1/s1. The number of fused-ring (bicyclic) bond motifs is 2. The van der Waals surface area contributed by atoms with Gasteiger partial charge in [0.25, 0.3) is 0 Å². The molecule has 208 valence electrons. The van der Waals surface area contributed by atoms with E-state index >= 15 is 0 Å². The highest BCUT2D eigenvalue weighted by Crippen LogP contribution is 2.44. The van der Waals surface area contributed by atoms with Gasteiger partial charge in [-0.05, 0) is 42.2 Å². The molecule has 3 heterocycles. The Hall–Kier alpha value is -3.26. The first-order chi connectivity index (χ1) is 18.8. The third-order valence-electron chi connectivity index (χ3n) is 7.43. The third-order valence-corrected chi connectivity index (χ3v) is 7.43. The van der Waals surface area contributed by atoms with E-state index in [2.05, 4.69) is 16.1 Å². The lowest BCUT2D eigenvalue weighted by atomic mass is 9.94. The lowest BCUT2D eigenvalue weighted by Crippen LogP contribution is -2.45. The zero-order valence-corrected chi connectivity index (χ0v) is 21.4. The zero-order valence-electron chi connectivity index (χ0n) is 21.4. The average molecular weight is 545 g/mol. The molecule has 0 radical (unpaired) electrons. The summed E-state index contributed by atoms with van der Waals surface area (Å²) in [5, 5.41) is 2.84. The maximum atomic E-state index is 12.9. The number of ether oxygens (including phenoxy) is 4. The van der Waals surface area contributed by atoms with Crippen molar-refractivity contribution >= 4 is 11.8 Å². The van der Waals surface area contributed by atoms with Gasteiger partial charge in [0.1, 0.15) is 12.2 Å². The minimum Gasteiger partial charge on any atom is -0.443 e. The Morgan fingerprint density at radius 1 is 1.13 bits per heavy atom. The first kappa shape index (κ1) is 27.3. The number of anilines is 1. The largest absolute Gasteiger partial charge is 0.443 e. The summed E-state index contributed by atoms with van der Waals surface area (Å²) in [6.07, 6.45) is 0.668. The number of amides is 1. The van der Waals surface area contributed by atoms with Crippen LogP contribution >= 0.6 is 0 Å². The van der Waals surface area contributed by atoms with Crippen molar-refractivity contribution in [3.8, 4) is 12.3 Å². The number of alkyl carbamates (subject to hydrolysis) is 1. The minimum absolute atomic E-state index is 0.302. The Labute approximate surface area is 225 Å². The van der Waals surface area contributed by atoms with Crippen LogP contribution in [-0.4, -0.2) is 56.5 Å². The number of terminal acetylenes is 1. The summed E-state index contributed by atoms with van der Waals surface area (Å²) in [6, 6.07) is 13.0. The van der Waals surface area contributed by atoms with E-state index < -0.39 is 41.9 Å². The number of morpholine rings is 1. The lowest BCUT2D eigenvalue weighted by Gasteiger charge is -2.35. The predicted octanol–water partition coefficient (Wildman–Crippen LogP) is 4.68. The molecule has 3 saturated heterocycles. The molecule has 5 rings (SSSR count). The molecule has 3 aliphatic heterocycles. The number of hydrogen-bond acceptors (Lipinski definition) is 6. The second-order valence-electron chi connectivity index (χ2n) is 9.96.